The van der Waals surface area contributed by atoms with Crippen molar-refractivity contribution < 1.29 is 9.53 Å². The molecular formula is C8H15NO2. The highest BCUT2D eigenvalue weighted by Gasteiger charge is 2.26. The fourth-order valence-corrected chi connectivity index (χ4v) is 0.675. The quantitative estimate of drug-likeness (QED) is 0.676. The number of ether oxygens (including phenoxy) is 1. The lowest BCUT2D eigenvalue weighted by Gasteiger charge is -2.10. The van der Waals surface area contributed by atoms with Crippen LogP contribution in [0.2, 0.25) is 0 Å². The van der Waals surface area contributed by atoms with Crippen molar-refractivity contribution >= 4 is 6.09 Å². The summed E-state index contributed by atoms with van der Waals surface area (Å²) >= 11 is 0. The lowest BCUT2D eigenvalue weighted by Crippen LogP contribution is -2.32. The van der Waals surface area contributed by atoms with E-state index in [2.05, 4.69) is 5.32 Å². The van der Waals surface area contributed by atoms with E-state index in [0.717, 1.165) is 19.3 Å². The molecule has 1 N–H and O–H groups in total. The van der Waals surface area contributed by atoms with Crippen LogP contribution in [-0.2, 0) is 4.74 Å². The molecule has 1 fully saturated rings. The molecule has 3 heteroatoms. The number of rotatable bonds is 3. The summed E-state index contributed by atoms with van der Waals surface area (Å²) in [5.74, 6) is 0. The van der Waals surface area contributed by atoms with Gasteiger partial charge >= 0.3 is 6.09 Å². The van der Waals surface area contributed by atoms with E-state index in [1.165, 1.54) is 0 Å². The second-order valence-corrected chi connectivity index (χ2v) is 3.06. The van der Waals surface area contributed by atoms with Crippen molar-refractivity contribution in [3.05, 3.63) is 0 Å². The van der Waals surface area contributed by atoms with E-state index < -0.39 is 0 Å². The summed E-state index contributed by atoms with van der Waals surface area (Å²) < 4.78 is 4.98. The molecule has 64 valence electrons. The summed E-state index contributed by atoms with van der Waals surface area (Å²) in [6, 6.07) is 0.223. The number of amides is 1. The van der Waals surface area contributed by atoms with E-state index in [1.54, 1.807) is 0 Å². The molecule has 0 aromatic heterocycles. The molecule has 0 radical (unpaired) electrons. The molecule has 1 saturated carbocycles. The molecule has 0 saturated heterocycles. The third kappa shape index (κ3) is 3.25. The molecule has 1 rings (SSSR count). The summed E-state index contributed by atoms with van der Waals surface area (Å²) in [5, 5.41) is 2.74. The van der Waals surface area contributed by atoms with Gasteiger partial charge in [0, 0.05) is 6.04 Å². The Bertz CT molecular complexity index is 143. The highest BCUT2D eigenvalue weighted by Crippen LogP contribution is 2.23. The third-order valence-corrected chi connectivity index (χ3v) is 1.77. The minimum absolute atomic E-state index is 0.207. The van der Waals surface area contributed by atoms with Crippen molar-refractivity contribution in [1.29, 1.82) is 0 Å². The average molecular weight is 157 g/mol. The van der Waals surface area contributed by atoms with E-state index in [-0.39, 0.29) is 18.2 Å². The van der Waals surface area contributed by atoms with Gasteiger partial charge in [0.05, 0.1) is 0 Å². The maximum Gasteiger partial charge on any atom is 0.407 e. The second kappa shape index (κ2) is 3.60. The van der Waals surface area contributed by atoms with Crippen LogP contribution >= 0.6 is 0 Å². The molecule has 0 aliphatic heterocycles. The molecule has 0 heterocycles. The Kier molecular flexibility index (Phi) is 2.74. The van der Waals surface area contributed by atoms with E-state index in [4.69, 9.17) is 4.74 Å². The number of hydrogen-bond acceptors (Lipinski definition) is 2. The van der Waals surface area contributed by atoms with Crippen LogP contribution in [0.3, 0.4) is 0 Å². The summed E-state index contributed by atoms with van der Waals surface area (Å²) in [4.78, 5) is 10.9. The summed E-state index contributed by atoms with van der Waals surface area (Å²) in [6.07, 6.45) is 2.96. The number of carbonyl (C=O) groups excluding carboxylic acids is 1. The molecule has 1 amide bonds. The largest absolute Gasteiger partial charge is 0.446 e. The molecular weight excluding hydrogens is 142 g/mol. The topological polar surface area (TPSA) is 38.3 Å². The minimum atomic E-state index is -0.262. The number of carbonyl (C=O) groups is 1. The summed E-state index contributed by atoms with van der Waals surface area (Å²) in [5.41, 5.74) is 0. The van der Waals surface area contributed by atoms with Crippen LogP contribution in [0.4, 0.5) is 4.79 Å². The maximum absolute atomic E-state index is 10.9. The number of hydrogen-bond donors (Lipinski definition) is 1. The number of nitrogens with one attached hydrogen (secondary N) is 1. The monoisotopic (exact) mass is 157 g/mol. The highest BCUT2D eigenvalue weighted by atomic mass is 16.6. The van der Waals surface area contributed by atoms with Crippen molar-refractivity contribution in [1.82, 2.24) is 5.32 Å². The first-order valence-electron chi connectivity index (χ1n) is 4.19. The average Bonchev–Trinajstić information content (AvgIpc) is 2.71. The molecule has 1 aliphatic carbocycles. The predicted octanol–water partition coefficient (Wildman–Crippen LogP) is 1.67. The summed E-state index contributed by atoms with van der Waals surface area (Å²) in [6.45, 7) is 4.00. The molecule has 11 heavy (non-hydrogen) atoms. The van der Waals surface area contributed by atoms with Crippen LogP contribution in [0.25, 0.3) is 0 Å². The van der Waals surface area contributed by atoms with Gasteiger partial charge in [0.25, 0.3) is 0 Å². The highest BCUT2D eigenvalue weighted by molar-refractivity contribution is 5.67. The fraction of sp³-hybridized carbons (Fsp3) is 0.875. The molecule has 0 aromatic carbocycles. The Morgan fingerprint density at radius 3 is 2.82 bits per heavy atom. The van der Waals surface area contributed by atoms with Crippen molar-refractivity contribution in [3.63, 3.8) is 0 Å². The van der Waals surface area contributed by atoms with Gasteiger partial charge in [-0.25, -0.2) is 4.79 Å². The zero-order valence-electron chi connectivity index (χ0n) is 7.09. The van der Waals surface area contributed by atoms with Gasteiger partial charge in [-0.05, 0) is 26.2 Å². The molecule has 0 aromatic rings. The normalized spacial score (nSPS) is 19.1. The summed E-state index contributed by atoms with van der Waals surface area (Å²) in [7, 11) is 0. The lowest BCUT2D eigenvalue weighted by atomic mass is 10.3. The van der Waals surface area contributed by atoms with Crippen LogP contribution < -0.4 is 5.32 Å². The smallest absolute Gasteiger partial charge is 0.407 e. The maximum atomic E-state index is 10.9. The van der Waals surface area contributed by atoms with E-state index in [0.29, 0.717) is 0 Å². The van der Waals surface area contributed by atoms with Gasteiger partial charge < -0.3 is 10.1 Å². The van der Waals surface area contributed by atoms with Crippen LogP contribution in [0.5, 0.6) is 0 Å². The van der Waals surface area contributed by atoms with E-state index >= 15 is 0 Å². The van der Waals surface area contributed by atoms with E-state index in [1.807, 2.05) is 13.8 Å². The predicted molar refractivity (Wildman–Crippen MR) is 42.4 cm³/mol. The molecule has 3 nitrogen and oxygen atoms in total. The SMILES string of the molecule is CCC(C)NC(=O)OC1CC1. The van der Waals surface area contributed by atoms with Gasteiger partial charge in [0.2, 0.25) is 0 Å². The molecule has 0 bridgehead atoms. The standard InChI is InChI=1S/C8H15NO2/c1-3-6(2)9-8(10)11-7-4-5-7/h6-7H,3-5H2,1-2H3,(H,9,10). The van der Waals surface area contributed by atoms with Crippen molar-refractivity contribution in [2.75, 3.05) is 0 Å². The van der Waals surface area contributed by atoms with Crippen LogP contribution in [0.1, 0.15) is 33.1 Å². The second-order valence-electron chi connectivity index (χ2n) is 3.06. The molecule has 1 atom stereocenters. The van der Waals surface area contributed by atoms with Gasteiger partial charge in [-0.2, -0.15) is 0 Å². The van der Waals surface area contributed by atoms with Crippen LogP contribution in [0.15, 0.2) is 0 Å². The van der Waals surface area contributed by atoms with Gasteiger partial charge in [0.15, 0.2) is 0 Å². The van der Waals surface area contributed by atoms with Gasteiger partial charge in [-0.1, -0.05) is 6.92 Å². The Balaban J connectivity index is 2.08. The van der Waals surface area contributed by atoms with Gasteiger partial charge in [-0.3, -0.25) is 0 Å². The van der Waals surface area contributed by atoms with Crippen molar-refractivity contribution in [3.8, 4) is 0 Å². The first kappa shape index (κ1) is 8.37. The van der Waals surface area contributed by atoms with Crippen molar-refractivity contribution in [2.45, 2.75) is 45.3 Å². The fourth-order valence-electron chi connectivity index (χ4n) is 0.675. The van der Waals surface area contributed by atoms with Gasteiger partial charge in [-0.15, -0.1) is 0 Å². The van der Waals surface area contributed by atoms with Crippen LogP contribution in [0, 0.1) is 0 Å². The third-order valence-electron chi connectivity index (χ3n) is 1.77. The first-order chi connectivity index (χ1) is 5.22. The van der Waals surface area contributed by atoms with E-state index in [9.17, 15) is 4.79 Å². The minimum Gasteiger partial charge on any atom is -0.446 e. The van der Waals surface area contributed by atoms with Gasteiger partial charge in [0.1, 0.15) is 6.10 Å². The Morgan fingerprint density at radius 2 is 2.36 bits per heavy atom. The zero-order chi connectivity index (χ0) is 8.27. The van der Waals surface area contributed by atoms with Crippen molar-refractivity contribution in [2.24, 2.45) is 0 Å². The van der Waals surface area contributed by atoms with Crippen LogP contribution in [-0.4, -0.2) is 18.2 Å². The zero-order valence-corrected chi connectivity index (χ0v) is 7.09. The Morgan fingerprint density at radius 1 is 1.73 bits per heavy atom. The molecule has 1 unspecified atom stereocenters. The molecule has 0 spiro atoms. The Hall–Kier alpha value is -0.730. The first-order valence-corrected chi connectivity index (χ1v) is 4.19. The lowest BCUT2D eigenvalue weighted by molar-refractivity contribution is 0.135. The number of alkyl carbamates (subject to hydrolysis) is 1. The molecule has 1 aliphatic rings. The Labute approximate surface area is 67.1 Å².